The molecule has 4 amide bonds. The zero-order valence-electron chi connectivity index (χ0n) is 17.4. The summed E-state index contributed by atoms with van der Waals surface area (Å²) in [5.74, 6) is -0.325. The Hall–Kier alpha value is -3.65. The summed E-state index contributed by atoms with van der Waals surface area (Å²) in [4.78, 5) is 39.5. The van der Waals surface area contributed by atoms with Crippen molar-refractivity contribution < 1.29 is 14.4 Å². The molecule has 0 unspecified atom stereocenters. The van der Waals surface area contributed by atoms with Crippen LogP contribution in [0.15, 0.2) is 72.1 Å². The highest BCUT2D eigenvalue weighted by Crippen LogP contribution is 2.16. The van der Waals surface area contributed by atoms with Gasteiger partial charge in [0.15, 0.2) is 0 Å². The van der Waals surface area contributed by atoms with E-state index in [4.69, 9.17) is 0 Å². The Labute approximate surface area is 190 Å². The molecule has 1 aromatic heterocycles. The van der Waals surface area contributed by atoms with Gasteiger partial charge in [-0.05, 0) is 60.7 Å². The maximum Gasteiger partial charge on any atom is 0.321 e. The highest BCUT2D eigenvalue weighted by Gasteiger charge is 2.24. The summed E-state index contributed by atoms with van der Waals surface area (Å²) < 4.78 is 0. The van der Waals surface area contributed by atoms with Gasteiger partial charge >= 0.3 is 6.03 Å². The van der Waals surface area contributed by atoms with E-state index >= 15 is 0 Å². The van der Waals surface area contributed by atoms with Crippen LogP contribution in [0.5, 0.6) is 0 Å². The van der Waals surface area contributed by atoms with E-state index in [2.05, 4.69) is 16.0 Å². The van der Waals surface area contributed by atoms with E-state index in [0.717, 1.165) is 5.69 Å². The standard InChI is InChI=1S/C24H24N4O3S/c29-22(17-8-10-19(11-9-17)26-23(30)21-7-4-16-32-21)25-20-12-14-28(15-13-20)24(31)27-18-5-2-1-3-6-18/h1-11,16,20H,12-15H2,(H,25,29)(H,26,30)(H,27,31). The molecule has 1 fully saturated rings. The van der Waals surface area contributed by atoms with Crippen LogP contribution in [0, 0.1) is 0 Å². The number of urea groups is 1. The molecule has 8 heteroatoms. The number of thiophene rings is 1. The third kappa shape index (κ3) is 5.53. The SMILES string of the molecule is O=C(NC1CCN(C(=O)Nc2ccccc2)CC1)c1ccc(NC(=O)c2cccs2)cc1. The Morgan fingerprint density at radius 3 is 2.12 bits per heavy atom. The van der Waals surface area contributed by atoms with Crippen molar-refractivity contribution in [3.05, 3.63) is 82.6 Å². The van der Waals surface area contributed by atoms with Crippen molar-refractivity contribution in [1.82, 2.24) is 10.2 Å². The third-order valence-corrected chi connectivity index (χ3v) is 6.16. The Balaban J connectivity index is 1.24. The highest BCUT2D eigenvalue weighted by atomic mass is 32.1. The molecule has 164 valence electrons. The van der Waals surface area contributed by atoms with E-state index in [9.17, 15) is 14.4 Å². The van der Waals surface area contributed by atoms with Gasteiger partial charge in [0.25, 0.3) is 11.8 Å². The molecular weight excluding hydrogens is 424 g/mol. The summed E-state index contributed by atoms with van der Waals surface area (Å²) in [6.07, 6.45) is 1.39. The Morgan fingerprint density at radius 2 is 1.47 bits per heavy atom. The van der Waals surface area contributed by atoms with Crippen LogP contribution in [0.2, 0.25) is 0 Å². The van der Waals surface area contributed by atoms with Crippen LogP contribution in [0.4, 0.5) is 16.2 Å². The summed E-state index contributed by atoms with van der Waals surface area (Å²) in [5.41, 5.74) is 1.93. The number of nitrogens with zero attached hydrogens (tertiary/aromatic N) is 1. The number of rotatable bonds is 5. The molecule has 3 aromatic rings. The van der Waals surface area contributed by atoms with Crippen LogP contribution < -0.4 is 16.0 Å². The fraction of sp³-hybridized carbons (Fsp3) is 0.208. The van der Waals surface area contributed by atoms with E-state index in [0.29, 0.717) is 42.1 Å². The molecule has 1 aliphatic rings. The van der Waals surface area contributed by atoms with E-state index in [1.54, 1.807) is 35.2 Å². The third-order valence-electron chi connectivity index (χ3n) is 5.29. The number of amides is 4. The van der Waals surface area contributed by atoms with Crippen molar-refractivity contribution in [1.29, 1.82) is 0 Å². The minimum absolute atomic E-state index is 0.0153. The molecule has 1 aliphatic heterocycles. The van der Waals surface area contributed by atoms with Crippen LogP contribution in [-0.4, -0.2) is 41.9 Å². The zero-order valence-corrected chi connectivity index (χ0v) is 18.2. The summed E-state index contributed by atoms with van der Waals surface area (Å²) in [5, 5.41) is 10.6. The Morgan fingerprint density at radius 1 is 0.781 bits per heavy atom. The lowest BCUT2D eigenvalue weighted by molar-refractivity contribution is 0.0918. The molecule has 2 aromatic carbocycles. The quantitative estimate of drug-likeness (QED) is 0.539. The normalized spacial score (nSPS) is 13.9. The van der Waals surface area contributed by atoms with Crippen LogP contribution in [0.1, 0.15) is 32.9 Å². The average molecular weight is 449 g/mol. The first-order valence-electron chi connectivity index (χ1n) is 10.5. The first-order chi connectivity index (χ1) is 15.6. The first kappa shape index (κ1) is 21.6. The second kappa shape index (κ2) is 10.1. The van der Waals surface area contributed by atoms with Crippen LogP contribution >= 0.6 is 11.3 Å². The summed E-state index contributed by atoms with van der Waals surface area (Å²) in [6.45, 7) is 1.16. The molecule has 0 atom stereocenters. The number of nitrogens with one attached hydrogen (secondary N) is 3. The van der Waals surface area contributed by atoms with Crippen molar-refractivity contribution in [2.75, 3.05) is 23.7 Å². The van der Waals surface area contributed by atoms with E-state index in [1.165, 1.54) is 11.3 Å². The molecule has 0 bridgehead atoms. The molecule has 0 radical (unpaired) electrons. The van der Waals surface area contributed by atoms with E-state index in [-0.39, 0.29) is 23.9 Å². The van der Waals surface area contributed by atoms with Crippen LogP contribution in [0.3, 0.4) is 0 Å². The van der Waals surface area contributed by atoms with Crippen LogP contribution in [-0.2, 0) is 0 Å². The number of hydrogen-bond acceptors (Lipinski definition) is 4. The smallest absolute Gasteiger partial charge is 0.321 e. The summed E-state index contributed by atoms with van der Waals surface area (Å²) in [7, 11) is 0. The molecule has 0 aliphatic carbocycles. The van der Waals surface area contributed by atoms with E-state index in [1.807, 2.05) is 41.8 Å². The van der Waals surface area contributed by atoms with Gasteiger partial charge in [0.1, 0.15) is 0 Å². The molecule has 1 saturated heterocycles. The number of anilines is 2. The molecule has 0 saturated carbocycles. The van der Waals surface area contributed by atoms with Gasteiger partial charge in [0.2, 0.25) is 0 Å². The first-order valence-corrected chi connectivity index (χ1v) is 11.3. The van der Waals surface area contributed by atoms with Crippen molar-refractivity contribution in [3.8, 4) is 0 Å². The highest BCUT2D eigenvalue weighted by molar-refractivity contribution is 7.12. The van der Waals surface area contributed by atoms with Crippen molar-refractivity contribution in [2.45, 2.75) is 18.9 Å². The van der Waals surface area contributed by atoms with Gasteiger partial charge in [0.05, 0.1) is 4.88 Å². The summed E-state index contributed by atoms with van der Waals surface area (Å²) in [6, 6.07) is 19.7. The second-order valence-electron chi connectivity index (χ2n) is 7.54. The lowest BCUT2D eigenvalue weighted by atomic mass is 10.0. The van der Waals surface area contributed by atoms with Gasteiger partial charge in [-0.1, -0.05) is 24.3 Å². The number of carbonyl (C=O) groups is 3. The minimum Gasteiger partial charge on any atom is -0.349 e. The Kier molecular flexibility index (Phi) is 6.81. The topological polar surface area (TPSA) is 90.5 Å². The van der Waals surface area contributed by atoms with E-state index < -0.39 is 0 Å². The average Bonchev–Trinajstić information content (AvgIpc) is 3.36. The maximum atomic E-state index is 12.6. The molecule has 7 nitrogen and oxygen atoms in total. The lowest BCUT2D eigenvalue weighted by Gasteiger charge is -2.32. The monoisotopic (exact) mass is 448 g/mol. The molecule has 32 heavy (non-hydrogen) atoms. The molecule has 2 heterocycles. The minimum atomic E-state index is -0.166. The van der Waals surface area contributed by atoms with Gasteiger partial charge in [0, 0.05) is 36.1 Å². The van der Waals surface area contributed by atoms with Gasteiger partial charge in [-0.2, -0.15) is 0 Å². The second-order valence-corrected chi connectivity index (χ2v) is 8.49. The van der Waals surface area contributed by atoms with Crippen molar-refractivity contribution in [3.63, 3.8) is 0 Å². The largest absolute Gasteiger partial charge is 0.349 e. The predicted molar refractivity (Wildman–Crippen MR) is 126 cm³/mol. The van der Waals surface area contributed by atoms with Gasteiger partial charge in [-0.3, -0.25) is 9.59 Å². The summed E-state index contributed by atoms with van der Waals surface area (Å²) >= 11 is 1.38. The fourth-order valence-electron chi connectivity index (χ4n) is 3.53. The van der Waals surface area contributed by atoms with Gasteiger partial charge < -0.3 is 20.9 Å². The van der Waals surface area contributed by atoms with Gasteiger partial charge in [-0.15, -0.1) is 11.3 Å². The number of piperidine rings is 1. The number of carbonyl (C=O) groups excluding carboxylic acids is 3. The maximum absolute atomic E-state index is 12.6. The van der Waals surface area contributed by atoms with Crippen LogP contribution in [0.25, 0.3) is 0 Å². The molecule has 3 N–H and O–H groups in total. The number of benzene rings is 2. The number of para-hydroxylation sites is 1. The molecular formula is C24H24N4O3S. The predicted octanol–water partition coefficient (Wildman–Crippen LogP) is 4.43. The number of likely N-dealkylation sites (tertiary alicyclic amines) is 1. The lowest BCUT2D eigenvalue weighted by Crippen LogP contribution is -2.47. The molecule has 0 spiro atoms. The fourth-order valence-corrected chi connectivity index (χ4v) is 4.14. The Bertz CT molecular complexity index is 1060. The number of hydrogen-bond donors (Lipinski definition) is 3. The van der Waals surface area contributed by atoms with Gasteiger partial charge in [-0.25, -0.2) is 4.79 Å². The van der Waals surface area contributed by atoms with Crippen molar-refractivity contribution >= 4 is 40.6 Å². The zero-order chi connectivity index (χ0) is 22.3. The molecule has 4 rings (SSSR count). The van der Waals surface area contributed by atoms with Crippen molar-refractivity contribution in [2.24, 2.45) is 0 Å².